The van der Waals surface area contributed by atoms with Gasteiger partial charge in [-0.3, -0.25) is 4.79 Å². The van der Waals surface area contributed by atoms with Crippen LogP contribution in [0.3, 0.4) is 0 Å². The van der Waals surface area contributed by atoms with Gasteiger partial charge in [0.15, 0.2) is 0 Å². The van der Waals surface area contributed by atoms with E-state index in [2.05, 4.69) is 47.0 Å². The summed E-state index contributed by atoms with van der Waals surface area (Å²) >= 11 is 0. The Hall–Kier alpha value is -1.84. The predicted octanol–water partition coefficient (Wildman–Crippen LogP) is 3.06. The van der Waals surface area contributed by atoms with Crippen molar-refractivity contribution in [2.45, 2.75) is 45.3 Å². The number of amides is 1. The zero-order valence-corrected chi connectivity index (χ0v) is 14.5. The number of rotatable bonds is 4. The van der Waals surface area contributed by atoms with E-state index in [4.69, 9.17) is 0 Å². The summed E-state index contributed by atoms with van der Waals surface area (Å²) in [5.74, 6) is 0.0987. The Bertz CT molecular complexity index is 757. The first-order valence-corrected chi connectivity index (χ1v) is 8.47. The SMILES string of the molecule is Cl.O=C(Cc1ccc2c(c1)CCC2)NCc1ccc2c(c1)CNC2. The van der Waals surface area contributed by atoms with E-state index in [1.165, 1.54) is 40.7 Å². The van der Waals surface area contributed by atoms with Gasteiger partial charge in [0, 0.05) is 19.6 Å². The first kappa shape index (κ1) is 17.0. The van der Waals surface area contributed by atoms with E-state index < -0.39 is 0 Å². The van der Waals surface area contributed by atoms with Crippen LogP contribution in [-0.4, -0.2) is 5.91 Å². The van der Waals surface area contributed by atoms with Crippen molar-refractivity contribution < 1.29 is 4.79 Å². The van der Waals surface area contributed by atoms with Gasteiger partial charge in [0.25, 0.3) is 0 Å². The normalized spacial score (nSPS) is 14.7. The number of hydrogen-bond acceptors (Lipinski definition) is 2. The second-order valence-electron chi connectivity index (χ2n) is 6.62. The van der Waals surface area contributed by atoms with Gasteiger partial charge in [0.1, 0.15) is 0 Å². The van der Waals surface area contributed by atoms with Crippen LogP contribution in [0.1, 0.15) is 39.8 Å². The molecule has 0 aromatic heterocycles. The zero-order valence-electron chi connectivity index (χ0n) is 13.7. The van der Waals surface area contributed by atoms with Crippen LogP contribution >= 0.6 is 12.4 Å². The summed E-state index contributed by atoms with van der Waals surface area (Å²) in [5, 5.41) is 6.39. The Kier molecular flexibility index (Phi) is 5.22. The zero-order chi connectivity index (χ0) is 15.6. The van der Waals surface area contributed by atoms with Crippen molar-refractivity contribution in [3.8, 4) is 0 Å². The Labute approximate surface area is 149 Å². The molecule has 0 unspecified atom stereocenters. The van der Waals surface area contributed by atoms with Gasteiger partial charge < -0.3 is 10.6 Å². The van der Waals surface area contributed by atoms with E-state index >= 15 is 0 Å². The number of carbonyl (C=O) groups excluding carboxylic acids is 1. The maximum Gasteiger partial charge on any atom is 0.224 e. The predicted molar refractivity (Wildman–Crippen MR) is 98.3 cm³/mol. The van der Waals surface area contributed by atoms with E-state index in [9.17, 15) is 4.79 Å². The largest absolute Gasteiger partial charge is 0.352 e. The molecule has 0 bridgehead atoms. The number of carbonyl (C=O) groups is 1. The lowest BCUT2D eigenvalue weighted by molar-refractivity contribution is -0.120. The van der Waals surface area contributed by atoms with Crippen LogP contribution in [0.2, 0.25) is 0 Å². The molecule has 2 aliphatic rings. The number of aryl methyl sites for hydroxylation is 2. The fraction of sp³-hybridized carbons (Fsp3) is 0.350. The van der Waals surface area contributed by atoms with Crippen LogP contribution in [0.25, 0.3) is 0 Å². The van der Waals surface area contributed by atoms with E-state index in [1.54, 1.807) is 0 Å². The maximum absolute atomic E-state index is 12.2. The fourth-order valence-electron chi connectivity index (χ4n) is 3.64. The molecule has 0 radical (unpaired) electrons. The molecule has 1 amide bonds. The maximum atomic E-state index is 12.2. The van der Waals surface area contributed by atoms with E-state index in [0.29, 0.717) is 13.0 Å². The highest BCUT2D eigenvalue weighted by Gasteiger charge is 2.13. The van der Waals surface area contributed by atoms with Gasteiger partial charge in [-0.1, -0.05) is 36.4 Å². The molecular formula is C20H23ClN2O. The topological polar surface area (TPSA) is 41.1 Å². The van der Waals surface area contributed by atoms with Crippen molar-refractivity contribution in [2.24, 2.45) is 0 Å². The van der Waals surface area contributed by atoms with Gasteiger partial charge in [-0.05, 0) is 52.6 Å². The molecule has 0 saturated heterocycles. The minimum atomic E-state index is 0. The standard InChI is InChI=1S/C20H22N2O.ClH/c23-20(10-14-4-6-16-2-1-3-17(16)8-14)22-11-15-5-7-18-12-21-13-19(18)9-15;/h4-9,21H,1-3,10-13H2,(H,22,23);1H. The van der Waals surface area contributed by atoms with Gasteiger partial charge in [0.05, 0.1) is 6.42 Å². The smallest absolute Gasteiger partial charge is 0.224 e. The van der Waals surface area contributed by atoms with Crippen molar-refractivity contribution >= 4 is 18.3 Å². The molecular weight excluding hydrogens is 320 g/mol. The quantitative estimate of drug-likeness (QED) is 0.896. The van der Waals surface area contributed by atoms with Crippen LogP contribution < -0.4 is 10.6 Å². The number of benzene rings is 2. The Morgan fingerprint density at radius 1 is 0.917 bits per heavy atom. The molecule has 1 aliphatic heterocycles. The van der Waals surface area contributed by atoms with E-state index in [-0.39, 0.29) is 18.3 Å². The van der Waals surface area contributed by atoms with Crippen molar-refractivity contribution in [3.63, 3.8) is 0 Å². The molecule has 2 N–H and O–H groups in total. The van der Waals surface area contributed by atoms with Crippen molar-refractivity contribution in [1.82, 2.24) is 10.6 Å². The monoisotopic (exact) mass is 342 g/mol. The van der Waals surface area contributed by atoms with Crippen molar-refractivity contribution in [1.29, 1.82) is 0 Å². The van der Waals surface area contributed by atoms with Crippen LogP contribution in [0.5, 0.6) is 0 Å². The molecule has 0 spiro atoms. The summed E-state index contributed by atoms with van der Waals surface area (Å²) in [6.07, 6.45) is 4.07. The molecule has 2 aromatic rings. The Morgan fingerprint density at radius 3 is 2.54 bits per heavy atom. The lowest BCUT2D eigenvalue weighted by Gasteiger charge is -2.08. The van der Waals surface area contributed by atoms with Crippen molar-refractivity contribution in [2.75, 3.05) is 0 Å². The molecule has 1 heterocycles. The molecule has 24 heavy (non-hydrogen) atoms. The lowest BCUT2D eigenvalue weighted by atomic mass is 10.0. The number of halogens is 1. The number of nitrogens with one attached hydrogen (secondary N) is 2. The minimum absolute atomic E-state index is 0. The summed E-state index contributed by atoms with van der Waals surface area (Å²) in [6.45, 7) is 2.50. The van der Waals surface area contributed by atoms with Gasteiger partial charge >= 0.3 is 0 Å². The van der Waals surface area contributed by atoms with Gasteiger partial charge in [-0.15, -0.1) is 12.4 Å². The summed E-state index contributed by atoms with van der Waals surface area (Å²) in [6, 6.07) is 13.0. The van der Waals surface area contributed by atoms with Gasteiger partial charge in [0.2, 0.25) is 5.91 Å². The first-order valence-electron chi connectivity index (χ1n) is 8.47. The average Bonchev–Trinajstić information content (AvgIpc) is 3.20. The first-order chi connectivity index (χ1) is 11.3. The molecule has 2 aromatic carbocycles. The van der Waals surface area contributed by atoms with E-state index in [1.807, 2.05) is 0 Å². The molecule has 4 rings (SSSR count). The molecule has 1 aliphatic carbocycles. The van der Waals surface area contributed by atoms with Gasteiger partial charge in [-0.25, -0.2) is 0 Å². The third-order valence-corrected chi connectivity index (χ3v) is 4.92. The number of fused-ring (bicyclic) bond motifs is 2. The van der Waals surface area contributed by atoms with Crippen LogP contribution in [0, 0.1) is 0 Å². The minimum Gasteiger partial charge on any atom is -0.352 e. The third kappa shape index (κ3) is 3.63. The summed E-state index contributed by atoms with van der Waals surface area (Å²) in [7, 11) is 0. The third-order valence-electron chi connectivity index (χ3n) is 4.92. The molecule has 0 atom stereocenters. The highest BCUT2D eigenvalue weighted by atomic mass is 35.5. The van der Waals surface area contributed by atoms with Gasteiger partial charge in [-0.2, -0.15) is 0 Å². The van der Waals surface area contributed by atoms with Crippen LogP contribution in [0.4, 0.5) is 0 Å². The molecule has 4 heteroatoms. The second kappa shape index (κ2) is 7.37. The number of hydrogen-bond donors (Lipinski definition) is 2. The Balaban J connectivity index is 0.00000169. The molecule has 126 valence electrons. The highest BCUT2D eigenvalue weighted by Crippen LogP contribution is 2.23. The van der Waals surface area contributed by atoms with E-state index in [0.717, 1.165) is 25.1 Å². The Morgan fingerprint density at radius 2 is 1.62 bits per heavy atom. The van der Waals surface area contributed by atoms with Crippen LogP contribution in [-0.2, 0) is 43.7 Å². The summed E-state index contributed by atoms with van der Waals surface area (Å²) in [5.41, 5.74) is 7.92. The summed E-state index contributed by atoms with van der Waals surface area (Å²) < 4.78 is 0. The summed E-state index contributed by atoms with van der Waals surface area (Å²) in [4.78, 5) is 12.2. The molecule has 3 nitrogen and oxygen atoms in total. The molecule has 0 saturated carbocycles. The highest BCUT2D eigenvalue weighted by molar-refractivity contribution is 5.85. The lowest BCUT2D eigenvalue weighted by Crippen LogP contribution is -2.24. The second-order valence-corrected chi connectivity index (χ2v) is 6.62. The van der Waals surface area contributed by atoms with Crippen molar-refractivity contribution in [3.05, 3.63) is 69.8 Å². The van der Waals surface area contributed by atoms with Crippen LogP contribution in [0.15, 0.2) is 36.4 Å². The average molecular weight is 343 g/mol. The molecule has 0 fully saturated rings. The fourth-order valence-corrected chi connectivity index (χ4v) is 3.64.